The molecule has 1 unspecified atom stereocenters. The summed E-state index contributed by atoms with van der Waals surface area (Å²) in [5.74, 6) is -0.429. The average molecular weight is 1000 g/mol. The predicted octanol–water partition coefficient (Wildman–Crippen LogP) is 21.6. The molecule has 72 heavy (non-hydrogen) atoms. The Kier molecular flexibility index (Phi) is 59.8. The summed E-state index contributed by atoms with van der Waals surface area (Å²) in [5, 5.41) is 0. The van der Waals surface area contributed by atoms with Gasteiger partial charge < -0.3 is 14.2 Å². The van der Waals surface area contributed by atoms with Gasteiger partial charge in [-0.15, -0.1) is 0 Å². The van der Waals surface area contributed by atoms with Crippen LogP contribution in [0.5, 0.6) is 0 Å². The van der Waals surface area contributed by atoms with Gasteiger partial charge in [-0.2, -0.15) is 0 Å². The van der Waals surface area contributed by atoms with Crippen molar-refractivity contribution in [1.82, 2.24) is 0 Å². The van der Waals surface area contributed by atoms with Gasteiger partial charge >= 0.3 is 11.9 Å². The minimum Gasteiger partial charge on any atom is -0.462 e. The molecular weight excluding hydrogens is 885 g/mol. The van der Waals surface area contributed by atoms with Crippen LogP contribution in [-0.4, -0.2) is 37.9 Å². The average Bonchev–Trinajstić information content (AvgIpc) is 3.38. The van der Waals surface area contributed by atoms with Crippen LogP contribution >= 0.6 is 0 Å². The van der Waals surface area contributed by atoms with Crippen LogP contribution in [-0.2, 0) is 23.8 Å². The molecule has 0 saturated carbocycles. The Labute approximate surface area is 448 Å². The summed E-state index contributed by atoms with van der Waals surface area (Å²) in [5.41, 5.74) is 0. The molecule has 0 rings (SSSR count). The van der Waals surface area contributed by atoms with Crippen molar-refractivity contribution >= 4 is 11.9 Å². The molecule has 0 fully saturated rings. The first-order chi connectivity index (χ1) is 35.6. The van der Waals surface area contributed by atoms with Crippen molar-refractivity contribution in [3.63, 3.8) is 0 Å². The first-order valence-electron chi connectivity index (χ1n) is 31.1. The Morgan fingerprint density at radius 2 is 0.625 bits per heavy atom. The van der Waals surface area contributed by atoms with Gasteiger partial charge in [-0.25, -0.2) is 0 Å². The predicted molar refractivity (Wildman–Crippen MR) is 316 cm³/mol. The molecule has 5 nitrogen and oxygen atoms in total. The molecule has 0 aromatic rings. The van der Waals surface area contributed by atoms with Gasteiger partial charge in [0, 0.05) is 19.4 Å². The summed E-state index contributed by atoms with van der Waals surface area (Å²) in [6.07, 6.45) is 83.3. The van der Waals surface area contributed by atoms with E-state index in [1.165, 1.54) is 161 Å². The van der Waals surface area contributed by atoms with Crippen LogP contribution in [0, 0.1) is 0 Å². The molecule has 0 saturated heterocycles. The molecule has 0 aromatic carbocycles. The second-order valence-electron chi connectivity index (χ2n) is 20.6. The first kappa shape index (κ1) is 69.1. The van der Waals surface area contributed by atoms with E-state index in [-0.39, 0.29) is 25.2 Å². The van der Waals surface area contributed by atoms with E-state index in [0.29, 0.717) is 19.4 Å². The number of unbranched alkanes of at least 4 members (excludes halogenated alkanes) is 32. The van der Waals surface area contributed by atoms with Gasteiger partial charge in [0.05, 0.1) is 6.61 Å². The summed E-state index contributed by atoms with van der Waals surface area (Å²) < 4.78 is 17.5. The van der Waals surface area contributed by atoms with Crippen molar-refractivity contribution in [2.45, 2.75) is 309 Å². The van der Waals surface area contributed by atoms with Gasteiger partial charge in [-0.1, -0.05) is 279 Å². The minimum atomic E-state index is -0.558. The van der Waals surface area contributed by atoms with Gasteiger partial charge in [0.25, 0.3) is 0 Å². The highest BCUT2D eigenvalue weighted by atomic mass is 16.6. The Hall–Kier alpha value is -2.92. The summed E-state index contributed by atoms with van der Waals surface area (Å²) in [6.45, 7) is 7.69. The highest BCUT2D eigenvalue weighted by Crippen LogP contribution is 2.16. The van der Waals surface area contributed by atoms with Crippen molar-refractivity contribution in [1.29, 1.82) is 0 Å². The second kappa shape index (κ2) is 62.4. The summed E-state index contributed by atoms with van der Waals surface area (Å²) in [6, 6.07) is 0. The molecule has 0 N–H and O–H groups in total. The molecule has 1 atom stereocenters. The van der Waals surface area contributed by atoms with E-state index in [1.54, 1.807) is 0 Å². The zero-order valence-electron chi connectivity index (χ0n) is 47.9. The molecule has 0 heterocycles. The van der Waals surface area contributed by atoms with E-state index in [0.717, 1.165) is 109 Å². The molecule has 416 valence electrons. The Morgan fingerprint density at radius 1 is 0.319 bits per heavy atom. The van der Waals surface area contributed by atoms with Crippen molar-refractivity contribution in [2.24, 2.45) is 0 Å². The van der Waals surface area contributed by atoms with Crippen LogP contribution in [0.2, 0.25) is 0 Å². The lowest BCUT2D eigenvalue weighted by atomic mass is 10.0. The van der Waals surface area contributed by atoms with Crippen molar-refractivity contribution in [3.8, 4) is 0 Å². The molecule has 0 aliphatic carbocycles. The van der Waals surface area contributed by atoms with E-state index in [9.17, 15) is 9.59 Å². The van der Waals surface area contributed by atoms with Gasteiger partial charge in [0.1, 0.15) is 6.61 Å². The molecule has 0 spiro atoms. The number of hydrogen-bond acceptors (Lipinski definition) is 5. The SMILES string of the molecule is CC/C=C\C/C=C\C/C=C\C/C=C\CCCCCCC(=O)OC(COCCCCCCCCCCCCCCCCCCCCCC)COC(=O)CCCCCCCC/C=C\C/C=C\C/C=C\CCCCC. The minimum absolute atomic E-state index is 0.0676. The third-order valence-corrected chi connectivity index (χ3v) is 13.4. The maximum Gasteiger partial charge on any atom is 0.306 e. The quantitative estimate of drug-likeness (QED) is 0.0345. The summed E-state index contributed by atoms with van der Waals surface area (Å²) in [7, 11) is 0. The number of carbonyl (C=O) groups is 2. The normalized spacial score (nSPS) is 12.8. The van der Waals surface area contributed by atoms with E-state index < -0.39 is 6.10 Å². The fraction of sp³-hybridized carbons (Fsp3) is 0.761. The molecular formula is C67H118O5. The standard InChI is InChI=1S/C67H118O5/c1-4-7-10-13-16-19-22-25-28-31-33-35-38-41-44-47-50-53-56-59-62-70-63-65(72-67(69)61-58-55-52-49-46-43-40-36-30-27-24-21-18-15-12-9-6-3)64-71-66(68)60-57-54-51-48-45-42-39-37-34-32-29-26-23-20-17-14-11-8-5-2/h9,12,17-18,20-21,26-27,29-30,34,37,40,43,65H,4-8,10-11,13-16,19,22-25,28,31-33,35-36,38-39,41-42,44-64H2,1-3H3/b12-9-,20-17-,21-18-,29-26-,30-27-,37-34-,43-40-. The lowest BCUT2D eigenvalue weighted by molar-refractivity contribution is -0.163. The summed E-state index contributed by atoms with van der Waals surface area (Å²) >= 11 is 0. The fourth-order valence-corrected chi connectivity index (χ4v) is 8.80. The number of ether oxygens (including phenoxy) is 3. The van der Waals surface area contributed by atoms with Gasteiger partial charge in [0.15, 0.2) is 6.10 Å². The van der Waals surface area contributed by atoms with E-state index in [1.807, 2.05) is 0 Å². The van der Waals surface area contributed by atoms with Crippen LogP contribution < -0.4 is 0 Å². The zero-order chi connectivity index (χ0) is 52.0. The number of esters is 2. The molecule has 5 heteroatoms. The lowest BCUT2D eigenvalue weighted by Crippen LogP contribution is -2.30. The number of carbonyl (C=O) groups excluding carboxylic acids is 2. The number of hydrogen-bond donors (Lipinski definition) is 0. The van der Waals surface area contributed by atoms with Crippen molar-refractivity contribution in [2.75, 3.05) is 19.8 Å². The van der Waals surface area contributed by atoms with Gasteiger partial charge in [-0.05, 0) is 96.3 Å². The molecule has 0 aromatic heterocycles. The topological polar surface area (TPSA) is 61.8 Å². The highest BCUT2D eigenvalue weighted by Gasteiger charge is 2.17. The van der Waals surface area contributed by atoms with E-state index in [2.05, 4.69) is 106 Å². The molecule has 0 amide bonds. The molecule has 0 radical (unpaired) electrons. The third-order valence-electron chi connectivity index (χ3n) is 13.4. The largest absolute Gasteiger partial charge is 0.462 e. The van der Waals surface area contributed by atoms with Crippen LogP contribution in [0.4, 0.5) is 0 Å². The Bertz CT molecular complexity index is 1320. The maximum atomic E-state index is 12.9. The fourth-order valence-electron chi connectivity index (χ4n) is 8.80. The maximum absolute atomic E-state index is 12.9. The highest BCUT2D eigenvalue weighted by molar-refractivity contribution is 5.70. The van der Waals surface area contributed by atoms with Crippen molar-refractivity contribution < 1.29 is 23.8 Å². The van der Waals surface area contributed by atoms with Crippen LogP contribution in [0.15, 0.2) is 85.1 Å². The smallest absolute Gasteiger partial charge is 0.306 e. The third kappa shape index (κ3) is 59.6. The van der Waals surface area contributed by atoms with Crippen molar-refractivity contribution in [3.05, 3.63) is 85.1 Å². The Balaban J connectivity index is 4.32. The number of rotatable bonds is 57. The zero-order valence-corrected chi connectivity index (χ0v) is 47.9. The van der Waals surface area contributed by atoms with E-state index >= 15 is 0 Å². The van der Waals surface area contributed by atoms with E-state index in [4.69, 9.17) is 14.2 Å². The lowest BCUT2D eigenvalue weighted by Gasteiger charge is -2.18. The van der Waals surface area contributed by atoms with Gasteiger partial charge in [0.2, 0.25) is 0 Å². The summed E-state index contributed by atoms with van der Waals surface area (Å²) in [4.78, 5) is 25.6. The van der Waals surface area contributed by atoms with Crippen LogP contribution in [0.3, 0.4) is 0 Å². The Morgan fingerprint density at radius 3 is 1.03 bits per heavy atom. The molecule has 0 aliphatic heterocycles. The monoisotopic (exact) mass is 1000 g/mol. The number of allylic oxidation sites excluding steroid dienone is 14. The molecule has 0 bridgehead atoms. The molecule has 0 aliphatic rings. The van der Waals surface area contributed by atoms with Crippen LogP contribution in [0.25, 0.3) is 0 Å². The van der Waals surface area contributed by atoms with Crippen LogP contribution in [0.1, 0.15) is 303 Å². The second-order valence-corrected chi connectivity index (χ2v) is 20.6. The first-order valence-corrected chi connectivity index (χ1v) is 31.1. The van der Waals surface area contributed by atoms with Gasteiger partial charge in [-0.3, -0.25) is 9.59 Å².